The van der Waals surface area contributed by atoms with Gasteiger partial charge in [0.1, 0.15) is 18.3 Å². The van der Waals surface area contributed by atoms with Crippen molar-refractivity contribution in [1.82, 2.24) is 10.2 Å². The van der Waals surface area contributed by atoms with Gasteiger partial charge in [-0.1, -0.05) is 44.5 Å². The largest absolute Gasteiger partial charge is 0.497 e. The van der Waals surface area contributed by atoms with Crippen LogP contribution in [0.15, 0.2) is 48.5 Å². The molecular formula is C35H49N3O5S. The van der Waals surface area contributed by atoms with E-state index >= 15 is 0 Å². The van der Waals surface area contributed by atoms with Gasteiger partial charge >= 0.3 is 0 Å². The van der Waals surface area contributed by atoms with E-state index in [2.05, 4.69) is 24.4 Å². The second-order valence-corrected chi connectivity index (χ2v) is 15.4. The Morgan fingerprint density at radius 1 is 0.955 bits per heavy atom. The number of nitrogens with one attached hydrogen (secondary N) is 1. The van der Waals surface area contributed by atoms with E-state index in [1.54, 1.807) is 7.11 Å². The summed E-state index contributed by atoms with van der Waals surface area (Å²) in [5.41, 5.74) is 2.80. The van der Waals surface area contributed by atoms with Crippen LogP contribution in [0.3, 0.4) is 0 Å². The number of hydrogen-bond donors (Lipinski definition) is 1. The molecule has 9 heteroatoms. The van der Waals surface area contributed by atoms with Crippen LogP contribution in [0.4, 0.5) is 5.69 Å². The number of sulfonamides is 1. The molecule has 0 saturated heterocycles. The van der Waals surface area contributed by atoms with Gasteiger partial charge in [0.15, 0.2) is 0 Å². The minimum Gasteiger partial charge on any atom is -0.497 e. The first-order valence-corrected chi connectivity index (χ1v) is 18.2. The number of hydrogen-bond acceptors (Lipinski definition) is 5. The van der Waals surface area contributed by atoms with Gasteiger partial charge in [-0.15, -0.1) is 0 Å². The molecule has 2 amide bonds. The Hall–Kier alpha value is -3.07. The molecule has 0 aromatic heterocycles. The fourth-order valence-electron chi connectivity index (χ4n) is 8.41. The Bertz CT molecular complexity index is 1370. The molecule has 2 aromatic rings. The first-order chi connectivity index (χ1) is 21.0. The second-order valence-electron chi connectivity index (χ2n) is 13.5. The van der Waals surface area contributed by atoms with E-state index in [1.807, 2.05) is 43.3 Å². The number of methoxy groups -OCH3 is 1. The summed E-state index contributed by atoms with van der Waals surface area (Å²) in [7, 11) is -2.20. The van der Waals surface area contributed by atoms with Gasteiger partial charge in [0, 0.05) is 13.1 Å². The Kier molecular flexibility index (Phi) is 9.93. The normalized spacial score (nSPS) is 24.5. The highest BCUT2D eigenvalue weighted by Gasteiger charge is 2.51. The van der Waals surface area contributed by atoms with E-state index in [1.165, 1.54) is 53.3 Å². The number of benzene rings is 2. The summed E-state index contributed by atoms with van der Waals surface area (Å²) >= 11 is 0. The maximum absolute atomic E-state index is 14.0. The predicted molar refractivity (Wildman–Crippen MR) is 174 cm³/mol. The van der Waals surface area contributed by atoms with Crippen LogP contribution in [0.1, 0.15) is 82.8 Å². The molecule has 4 fully saturated rings. The van der Waals surface area contributed by atoms with Crippen molar-refractivity contribution in [2.75, 3.05) is 30.8 Å². The molecule has 2 aromatic carbocycles. The van der Waals surface area contributed by atoms with E-state index < -0.39 is 22.0 Å². The average Bonchev–Trinajstić information content (AvgIpc) is 2.99. The molecule has 1 atom stereocenters. The Morgan fingerprint density at radius 2 is 1.55 bits per heavy atom. The highest BCUT2D eigenvalue weighted by molar-refractivity contribution is 7.92. The number of carbonyl (C=O) groups is 2. The van der Waals surface area contributed by atoms with Gasteiger partial charge in [0.25, 0.3) is 0 Å². The van der Waals surface area contributed by atoms with Gasteiger partial charge in [0.05, 0.1) is 19.1 Å². The third-order valence-electron chi connectivity index (χ3n) is 10.2. The van der Waals surface area contributed by atoms with Crippen molar-refractivity contribution >= 4 is 27.5 Å². The van der Waals surface area contributed by atoms with Crippen LogP contribution in [-0.4, -0.2) is 57.6 Å². The van der Waals surface area contributed by atoms with E-state index in [-0.39, 0.29) is 24.4 Å². The van der Waals surface area contributed by atoms with Crippen LogP contribution in [0.2, 0.25) is 0 Å². The molecule has 0 radical (unpaired) electrons. The minimum absolute atomic E-state index is 0.172. The topological polar surface area (TPSA) is 96.0 Å². The molecule has 4 bridgehead atoms. The Balaban J connectivity index is 1.39. The molecule has 0 heterocycles. The number of rotatable bonds is 14. The van der Waals surface area contributed by atoms with Gasteiger partial charge in [-0.05, 0) is 110 Å². The Morgan fingerprint density at radius 3 is 2.05 bits per heavy atom. The summed E-state index contributed by atoms with van der Waals surface area (Å²) in [6.07, 6.45) is 11.1. The summed E-state index contributed by atoms with van der Waals surface area (Å²) in [5, 5.41) is 2.96. The van der Waals surface area contributed by atoms with Crippen molar-refractivity contribution in [2.45, 2.75) is 89.6 Å². The minimum atomic E-state index is -3.79. The highest BCUT2D eigenvalue weighted by Crippen LogP contribution is 2.60. The van der Waals surface area contributed by atoms with E-state index in [0.717, 1.165) is 42.4 Å². The summed E-state index contributed by atoms with van der Waals surface area (Å²) in [6.45, 7) is 4.24. The zero-order valence-electron chi connectivity index (χ0n) is 26.8. The summed E-state index contributed by atoms with van der Waals surface area (Å²) in [4.78, 5) is 28.8. The monoisotopic (exact) mass is 623 g/mol. The number of anilines is 1. The van der Waals surface area contributed by atoms with Crippen LogP contribution in [-0.2, 0) is 31.6 Å². The van der Waals surface area contributed by atoms with Crippen LogP contribution < -0.4 is 14.4 Å². The molecule has 0 unspecified atom stereocenters. The summed E-state index contributed by atoms with van der Waals surface area (Å²) in [5.74, 6) is 2.48. The van der Waals surface area contributed by atoms with Crippen LogP contribution in [0, 0.1) is 17.8 Å². The lowest BCUT2D eigenvalue weighted by molar-refractivity contribution is -0.140. The number of carbonyl (C=O) groups excluding carboxylic acids is 2. The van der Waals surface area contributed by atoms with Crippen molar-refractivity contribution in [1.29, 1.82) is 0 Å². The van der Waals surface area contributed by atoms with Crippen molar-refractivity contribution in [3.05, 3.63) is 59.7 Å². The van der Waals surface area contributed by atoms with Gasteiger partial charge < -0.3 is 15.0 Å². The third-order valence-corrected chi connectivity index (χ3v) is 11.4. The molecule has 4 saturated carbocycles. The third kappa shape index (κ3) is 7.08. The molecular weight excluding hydrogens is 574 g/mol. The van der Waals surface area contributed by atoms with Crippen molar-refractivity contribution in [3.8, 4) is 5.75 Å². The lowest BCUT2D eigenvalue weighted by atomic mass is 9.48. The summed E-state index contributed by atoms with van der Waals surface area (Å²) < 4.78 is 32.7. The molecule has 4 aliphatic carbocycles. The van der Waals surface area contributed by atoms with Gasteiger partial charge in [0.2, 0.25) is 21.8 Å². The zero-order valence-corrected chi connectivity index (χ0v) is 27.6. The van der Waals surface area contributed by atoms with Crippen molar-refractivity contribution in [2.24, 2.45) is 17.8 Å². The van der Waals surface area contributed by atoms with Crippen LogP contribution >= 0.6 is 0 Å². The Labute approximate surface area is 263 Å². The first-order valence-electron chi connectivity index (χ1n) is 16.3. The number of unbranched alkanes of at least 4 members (excludes halogenated alkanes) is 1. The quantitative estimate of drug-likeness (QED) is 0.274. The highest BCUT2D eigenvalue weighted by atomic mass is 32.2. The van der Waals surface area contributed by atoms with E-state index in [4.69, 9.17) is 4.74 Å². The lowest BCUT2D eigenvalue weighted by Crippen LogP contribution is -2.52. The lowest BCUT2D eigenvalue weighted by Gasteiger charge is -2.57. The molecule has 1 N–H and O–H groups in total. The molecule has 4 aliphatic rings. The maximum atomic E-state index is 14.0. The fraction of sp³-hybridized carbons (Fsp3) is 0.600. The SMILES string of the molecule is CCCCNC(=O)[C@H](CC)N(Cc1ccc(OC)cc1)C(=O)CN(c1ccc(C23CC4CC(CC(C4)C2)C3)cc1)S(C)(=O)=O. The molecule has 8 nitrogen and oxygen atoms in total. The van der Waals surface area contributed by atoms with E-state index in [0.29, 0.717) is 24.4 Å². The maximum Gasteiger partial charge on any atom is 0.244 e. The fourth-order valence-corrected chi connectivity index (χ4v) is 9.26. The molecule has 44 heavy (non-hydrogen) atoms. The number of nitrogens with zero attached hydrogens (tertiary/aromatic N) is 2. The van der Waals surface area contributed by atoms with Gasteiger partial charge in [-0.3, -0.25) is 13.9 Å². The molecule has 6 rings (SSSR count). The van der Waals surface area contributed by atoms with Gasteiger partial charge in [-0.2, -0.15) is 0 Å². The molecule has 240 valence electrons. The summed E-state index contributed by atoms with van der Waals surface area (Å²) in [6, 6.07) is 14.5. The van der Waals surface area contributed by atoms with E-state index in [9.17, 15) is 18.0 Å². The standard InChI is InChI=1S/C35H49N3O5S/c1-5-7-16-36-34(40)32(6-2)37(23-25-8-14-31(43-3)15-9-25)33(39)24-38(44(4,41)42)30-12-10-29(11-13-30)35-20-26-17-27(21-35)19-28(18-26)22-35/h8-15,26-28,32H,5-7,16-24H2,1-4H3,(H,36,40)/t26?,27?,28?,32-,35?/m0/s1. The van der Waals surface area contributed by atoms with Crippen molar-refractivity contribution < 1.29 is 22.7 Å². The number of amides is 2. The zero-order chi connectivity index (χ0) is 31.5. The molecule has 0 aliphatic heterocycles. The average molecular weight is 624 g/mol. The first kappa shape index (κ1) is 32.3. The van der Waals surface area contributed by atoms with Gasteiger partial charge in [-0.25, -0.2) is 8.42 Å². The second kappa shape index (κ2) is 13.5. The van der Waals surface area contributed by atoms with Crippen molar-refractivity contribution in [3.63, 3.8) is 0 Å². The van der Waals surface area contributed by atoms with Crippen LogP contribution in [0.25, 0.3) is 0 Å². The number of ether oxygens (including phenoxy) is 1. The predicted octanol–water partition coefficient (Wildman–Crippen LogP) is 5.65. The smallest absolute Gasteiger partial charge is 0.244 e. The molecule has 0 spiro atoms. The van der Waals surface area contributed by atoms with Crippen LogP contribution in [0.5, 0.6) is 5.75 Å².